The zero-order chi connectivity index (χ0) is 19.8. The third-order valence-electron chi connectivity index (χ3n) is 5.05. The number of aryl methyl sites for hydroxylation is 1. The van der Waals surface area contributed by atoms with Crippen LogP contribution < -0.4 is 5.32 Å². The van der Waals surface area contributed by atoms with Crippen LogP contribution in [0.25, 0.3) is 0 Å². The summed E-state index contributed by atoms with van der Waals surface area (Å²) in [5.74, 6) is 0.941. The van der Waals surface area contributed by atoms with Gasteiger partial charge in [0.15, 0.2) is 5.96 Å². The molecule has 1 heterocycles. The molecule has 0 radical (unpaired) electrons. The van der Waals surface area contributed by atoms with Crippen LogP contribution in [0.1, 0.15) is 35.3 Å². The number of benzene rings is 2. The lowest BCUT2D eigenvalue weighted by Crippen LogP contribution is -2.48. The highest BCUT2D eigenvalue weighted by molar-refractivity contribution is 5.80. The molecular formula is C23H31N3O2. The highest BCUT2D eigenvalue weighted by Crippen LogP contribution is 2.25. The van der Waals surface area contributed by atoms with Gasteiger partial charge in [-0.2, -0.15) is 0 Å². The minimum absolute atomic E-state index is 0.0691. The first-order valence-corrected chi connectivity index (χ1v) is 9.99. The topological polar surface area (TPSA) is 46.1 Å². The lowest BCUT2D eigenvalue weighted by atomic mass is 10.0. The second-order valence-electron chi connectivity index (χ2n) is 7.03. The molecular weight excluding hydrogens is 350 g/mol. The SMILES string of the molecule is CCNC(=NCc1ccccc1COC)N1CCOC(c2ccccc2C)C1. The van der Waals surface area contributed by atoms with Gasteiger partial charge in [0.1, 0.15) is 6.10 Å². The van der Waals surface area contributed by atoms with Crippen LogP contribution in [-0.2, 0) is 22.6 Å². The Balaban J connectivity index is 1.76. The Kier molecular flexibility index (Phi) is 7.46. The molecule has 1 saturated heterocycles. The van der Waals surface area contributed by atoms with E-state index in [1.165, 1.54) is 22.3 Å². The predicted molar refractivity (Wildman–Crippen MR) is 113 cm³/mol. The Morgan fingerprint density at radius 2 is 1.93 bits per heavy atom. The maximum Gasteiger partial charge on any atom is 0.194 e. The number of morpholine rings is 1. The van der Waals surface area contributed by atoms with Crippen LogP contribution in [0.15, 0.2) is 53.5 Å². The summed E-state index contributed by atoms with van der Waals surface area (Å²) in [7, 11) is 1.73. The van der Waals surface area contributed by atoms with Crippen LogP contribution in [0, 0.1) is 6.92 Å². The molecule has 150 valence electrons. The van der Waals surface area contributed by atoms with Crippen LogP contribution in [0.5, 0.6) is 0 Å². The number of methoxy groups -OCH3 is 1. The molecule has 1 unspecified atom stereocenters. The molecule has 1 fully saturated rings. The van der Waals surface area contributed by atoms with Gasteiger partial charge >= 0.3 is 0 Å². The minimum Gasteiger partial charge on any atom is -0.380 e. The fourth-order valence-electron chi connectivity index (χ4n) is 3.57. The smallest absolute Gasteiger partial charge is 0.194 e. The molecule has 5 nitrogen and oxygen atoms in total. The molecule has 5 heteroatoms. The third-order valence-corrected chi connectivity index (χ3v) is 5.05. The minimum atomic E-state index is 0.0691. The second kappa shape index (κ2) is 10.2. The van der Waals surface area contributed by atoms with Crippen molar-refractivity contribution in [2.75, 3.05) is 33.4 Å². The van der Waals surface area contributed by atoms with E-state index in [1.54, 1.807) is 7.11 Å². The zero-order valence-corrected chi connectivity index (χ0v) is 17.1. The summed E-state index contributed by atoms with van der Waals surface area (Å²) in [4.78, 5) is 7.23. The fraction of sp³-hybridized carbons (Fsp3) is 0.435. The highest BCUT2D eigenvalue weighted by Gasteiger charge is 2.25. The number of aliphatic imine (C=N–C) groups is 1. The molecule has 0 spiro atoms. The van der Waals surface area contributed by atoms with Gasteiger partial charge in [0.25, 0.3) is 0 Å². The van der Waals surface area contributed by atoms with Gasteiger partial charge in [0.2, 0.25) is 0 Å². The highest BCUT2D eigenvalue weighted by atomic mass is 16.5. The molecule has 3 rings (SSSR count). The average molecular weight is 382 g/mol. The summed E-state index contributed by atoms with van der Waals surface area (Å²) in [5, 5.41) is 3.45. The van der Waals surface area contributed by atoms with Gasteiger partial charge in [-0.15, -0.1) is 0 Å². The summed E-state index contributed by atoms with van der Waals surface area (Å²) in [5.41, 5.74) is 4.91. The third kappa shape index (κ3) is 5.12. The Hall–Kier alpha value is -2.37. The van der Waals surface area contributed by atoms with E-state index in [1.807, 2.05) is 6.07 Å². The predicted octanol–water partition coefficient (Wildman–Crippen LogP) is 3.68. The average Bonchev–Trinajstić information content (AvgIpc) is 2.73. The molecule has 1 atom stereocenters. The van der Waals surface area contributed by atoms with E-state index < -0.39 is 0 Å². The van der Waals surface area contributed by atoms with Gasteiger partial charge in [-0.3, -0.25) is 0 Å². The summed E-state index contributed by atoms with van der Waals surface area (Å²) in [6.45, 7) is 8.67. The van der Waals surface area contributed by atoms with Crippen LogP contribution in [0.3, 0.4) is 0 Å². The summed E-state index contributed by atoms with van der Waals surface area (Å²) in [6, 6.07) is 16.8. The Bertz CT molecular complexity index is 791. The Morgan fingerprint density at radius 1 is 1.18 bits per heavy atom. The van der Waals surface area contributed by atoms with E-state index in [0.29, 0.717) is 19.8 Å². The lowest BCUT2D eigenvalue weighted by Gasteiger charge is -2.35. The maximum atomic E-state index is 6.08. The number of ether oxygens (including phenoxy) is 2. The van der Waals surface area contributed by atoms with E-state index in [2.05, 4.69) is 66.5 Å². The fourth-order valence-corrected chi connectivity index (χ4v) is 3.57. The normalized spacial score (nSPS) is 17.6. The molecule has 0 saturated carbocycles. The van der Waals surface area contributed by atoms with E-state index in [0.717, 1.165) is 25.6 Å². The Morgan fingerprint density at radius 3 is 2.68 bits per heavy atom. The largest absolute Gasteiger partial charge is 0.380 e. The molecule has 0 aliphatic carbocycles. The molecule has 2 aromatic carbocycles. The summed E-state index contributed by atoms with van der Waals surface area (Å²) >= 11 is 0. The lowest BCUT2D eigenvalue weighted by molar-refractivity contribution is -0.00834. The van der Waals surface area contributed by atoms with Crippen molar-refractivity contribution in [2.24, 2.45) is 4.99 Å². The number of nitrogens with one attached hydrogen (secondary N) is 1. The van der Waals surface area contributed by atoms with Crippen molar-refractivity contribution in [3.63, 3.8) is 0 Å². The van der Waals surface area contributed by atoms with Gasteiger partial charge in [0, 0.05) is 20.2 Å². The number of rotatable bonds is 6. The molecule has 28 heavy (non-hydrogen) atoms. The number of hydrogen-bond acceptors (Lipinski definition) is 3. The van der Waals surface area contributed by atoms with Crippen molar-refractivity contribution >= 4 is 5.96 Å². The van der Waals surface area contributed by atoms with Gasteiger partial charge < -0.3 is 19.7 Å². The van der Waals surface area contributed by atoms with E-state index in [9.17, 15) is 0 Å². The molecule has 0 aromatic heterocycles. The van der Waals surface area contributed by atoms with Crippen LogP contribution in [0.2, 0.25) is 0 Å². The molecule has 1 aliphatic rings. The van der Waals surface area contributed by atoms with Crippen LogP contribution >= 0.6 is 0 Å². The first-order valence-electron chi connectivity index (χ1n) is 9.99. The first-order chi connectivity index (χ1) is 13.7. The van der Waals surface area contributed by atoms with Crippen molar-refractivity contribution < 1.29 is 9.47 Å². The van der Waals surface area contributed by atoms with Crippen molar-refractivity contribution in [3.05, 3.63) is 70.8 Å². The molecule has 2 aromatic rings. The summed E-state index contributed by atoms with van der Waals surface area (Å²) < 4.78 is 11.4. The zero-order valence-electron chi connectivity index (χ0n) is 17.1. The first kappa shape index (κ1) is 20.4. The molecule has 1 N–H and O–H groups in total. The van der Waals surface area contributed by atoms with Crippen molar-refractivity contribution in [3.8, 4) is 0 Å². The molecule has 1 aliphatic heterocycles. The van der Waals surface area contributed by atoms with Gasteiger partial charge in [-0.25, -0.2) is 4.99 Å². The van der Waals surface area contributed by atoms with Crippen LogP contribution in [0.4, 0.5) is 0 Å². The number of nitrogens with zero attached hydrogens (tertiary/aromatic N) is 2. The Labute approximate surface area is 168 Å². The second-order valence-corrected chi connectivity index (χ2v) is 7.03. The van der Waals surface area contributed by atoms with Crippen molar-refractivity contribution in [1.82, 2.24) is 10.2 Å². The quantitative estimate of drug-likeness (QED) is 0.612. The van der Waals surface area contributed by atoms with E-state index in [4.69, 9.17) is 14.5 Å². The van der Waals surface area contributed by atoms with Crippen LogP contribution in [-0.4, -0.2) is 44.2 Å². The van der Waals surface area contributed by atoms with Gasteiger partial charge in [-0.1, -0.05) is 48.5 Å². The monoisotopic (exact) mass is 381 g/mol. The van der Waals surface area contributed by atoms with Gasteiger partial charge in [-0.05, 0) is 36.1 Å². The molecule has 0 bridgehead atoms. The van der Waals surface area contributed by atoms with Crippen molar-refractivity contribution in [2.45, 2.75) is 33.1 Å². The van der Waals surface area contributed by atoms with E-state index in [-0.39, 0.29) is 6.10 Å². The molecule has 0 amide bonds. The standard InChI is InChI=1S/C23H31N3O2/c1-4-24-23(25-15-19-10-6-7-11-20(19)17-27-3)26-13-14-28-22(16-26)21-12-8-5-9-18(21)2/h5-12,22H,4,13-17H2,1-3H3,(H,24,25). The maximum absolute atomic E-state index is 6.08. The number of guanidine groups is 1. The number of hydrogen-bond donors (Lipinski definition) is 1. The summed E-state index contributed by atoms with van der Waals surface area (Å²) in [6.07, 6.45) is 0.0691. The van der Waals surface area contributed by atoms with E-state index >= 15 is 0 Å². The van der Waals surface area contributed by atoms with Gasteiger partial charge in [0.05, 0.1) is 26.3 Å². The van der Waals surface area contributed by atoms with Crippen molar-refractivity contribution in [1.29, 1.82) is 0 Å².